The quantitative estimate of drug-likeness (QED) is 0.450. The summed E-state index contributed by atoms with van der Waals surface area (Å²) in [5, 5.41) is 6.92. The molecule has 8 nitrogen and oxygen atoms in total. The van der Waals surface area contributed by atoms with Gasteiger partial charge in [-0.1, -0.05) is 11.2 Å². The third-order valence-corrected chi connectivity index (χ3v) is 4.81. The maximum Gasteiger partial charge on any atom is 0.258 e. The Morgan fingerprint density at radius 2 is 1.75 bits per heavy atom. The van der Waals surface area contributed by atoms with Crippen LogP contribution in [0.3, 0.4) is 0 Å². The van der Waals surface area contributed by atoms with Crippen molar-refractivity contribution >= 4 is 5.91 Å². The summed E-state index contributed by atoms with van der Waals surface area (Å²) >= 11 is 0. The van der Waals surface area contributed by atoms with Crippen LogP contribution in [0, 0.1) is 0 Å². The molecule has 0 bridgehead atoms. The highest BCUT2D eigenvalue weighted by molar-refractivity contribution is 5.78. The minimum atomic E-state index is -0.216. The zero-order valence-electron chi connectivity index (χ0n) is 17.7. The predicted molar refractivity (Wildman–Crippen MR) is 118 cm³/mol. The number of nitrogens with zero attached hydrogens (tertiary/aromatic N) is 3. The van der Waals surface area contributed by atoms with E-state index in [-0.39, 0.29) is 18.6 Å². The molecule has 1 N–H and O–H groups in total. The van der Waals surface area contributed by atoms with Crippen molar-refractivity contribution in [3.05, 3.63) is 78.6 Å². The zero-order chi connectivity index (χ0) is 22.3. The van der Waals surface area contributed by atoms with E-state index in [1.165, 1.54) is 0 Å². The largest absolute Gasteiger partial charge is 0.497 e. The van der Waals surface area contributed by atoms with Crippen LogP contribution in [0.4, 0.5) is 0 Å². The summed E-state index contributed by atoms with van der Waals surface area (Å²) in [4.78, 5) is 20.7. The molecule has 0 aliphatic heterocycles. The number of hydrogen-bond donors (Lipinski definition) is 1. The molecule has 8 heteroatoms. The summed E-state index contributed by atoms with van der Waals surface area (Å²) < 4.78 is 16.1. The van der Waals surface area contributed by atoms with Gasteiger partial charge in [0.15, 0.2) is 6.61 Å². The van der Waals surface area contributed by atoms with Crippen LogP contribution < -0.4 is 14.8 Å². The topological polar surface area (TPSA) is 99.4 Å². The maximum atomic E-state index is 12.2. The molecule has 4 rings (SSSR count). The number of hydrogen-bond acceptors (Lipinski definition) is 7. The highest BCUT2D eigenvalue weighted by Crippen LogP contribution is 2.25. The van der Waals surface area contributed by atoms with Gasteiger partial charge < -0.3 is 19.3 Å². The molecule has 0 aliphatic carbocycles. The molecule has 32 heavy (non-hydrogen) atoms. The minimum Gasteiger partial charge on any atom is -0.497 e. The van der Waals surface area contributed by atoms with E-state index in [0.29, 0.717) is 17.5 Å². The number of rotatable bonds is 8. The van der Waals surface area contributed by atoms with Gasteiger partial charge in [-0.3, -0.25) is 9.78 Å². The van der Waals surface area contributed by atoms with Crippen molar-refractivity contribution < 1.29 is 18.8 Å². The van der Waals surface area contributed by atoms with Crippen LogP contribution in [0.5, 0.6) is 11.5 Å². The van der Waals surface area contributed by atoms with Gasteiger partial charge in [-0.05, 0) is 67.1 Å². The number of carbonyl (C=O) groups excluding carboxylic acids is 1. The van der Waals surface area contributed by atoms with Crippen LogP contribution in [-0.4, -0.2) is 34.7 Å². The Kier molecular flexibility index (Phi) is 6.41. The molecule has 0 saturated carbocycles. The van der Waals surface area contributed by atoms with E-state index in [1.54, 1.807) is 43.8 Å². The van der Waals surface area contributed by atoms with Crippen molar-refractivity contribution in [2.75, 3.05) is 13.7 Å². The third kappa shape index (κ3) is 5.10. The van der Waals surface area contributed by atoms with Crippen LogP contribution in [0.1, 0.15) is 18.5 Å². The number of amides is 1. The average molecular weight is 430 g/mol. The Labute approximate surface area is 185 Å². The molecular formula is C24H22N4O4. The van der Waals surface area contributed by atoms with Gasteiger partial charge in [0.05, 0.1) is 13.2 Å². The van der Waals surface area contributed by atoms with E-state index in [9.17, 15) is 4.79 Å². The molecule has 1 unspecified atom stereocenters. The highest BCUT2D eigenvalue weighted by atomic mass is 16.5. The molecule has 0 spiro atoms. The molecule has 1 atom stereocenters. The van der Waals surface area contributed by atoms with Gasteiger partial charge in [0.25, 0.3) is 11.8 Å². The zero-order valence-corrected chi connectivity index (χ0v) is 17.7. The first kappa shape index (κ1) is 21.0. The number of benzene rings is 2. The summed E-state index contributed by atoms with van der Waals surface area (Å²) in [7, 11) is 1.62. The summed E-state index contributed by atoms with van der Waals surface area (Å²) in [5.74, 6) is 1.99. The molecule has 0 saturated heterocycles. The fraction of sp³-hybridized carbons (Fsp3) is 0.167. The lowest BCUT2D eigenvalue weighted by Crippen LogP contribution is -2.31. The van der Waals surface area contributed by atoms with Gasteiger partial charge in [0.2, 0.25) is 5.82 Å². The van der Waals surface area contributed by atoms with Gasteiger partial charge in [-0.15, -0.1) is 0 Å². The average Bonchev–Trinajstić information content (AvgIpc) is 3.34. The van der Waals surface area contributed by atoms with Gasteiger partial charge >= 0.3 is 0 Å². The van der Waals surface area contributed by atoms with Gasteiger partial charge in [0.1, 0.15) is 11.5 Å². The molecule has 0 fully saturated rings. The van der Waals surface area contributed by atoms with Crippen molar-refractivity contribution in [2.45, 2.75) is 13.0 Å². The molecule has 2 aromatic heterocycles. The van der Waals surface area contributed by atoms with Crippen LogP contribution >= 0.6 is 0 Å². The molecule has 2 heterocycles. The standard InChI is InChI=1S/C24H22N4O4/c1-16(19-4-3-13-25-14-19)26-22(29)15-31-21-11-7-18(8-12-21)24-27-23(28-32-24)17-5-9-20(30-2)10-6-17/h3-14,16H,15H2,1-2H3,(H,26,29). The Hall–Kier alpha value is -4.20. The van der Waals surface area contributed by atoms with Crippen molar-refractivity contribution in [2.24, 2.45) is 0 Å². The SMILES string of the molecule is COc1ccc(-c2noc(-c3ccc(OCC(=O)NC(C)c4cccnc4)cc3)n2)cc1. The summed E-state index contributed by atoms with van der Waals surface area (Å²) in [6.45, 7) is 1.81. The summed E-state index contributed by atoms with van der Waals surface area (Å²) in [6.07, 6.45) is 3.42. The number of aromatic nitrogens is 3. The normalized spacial score (nSPS) is 11.6. The van der Waals surface area contributed by atoms with Crippen molar-refractivity contribution in [3.8, 4) is 34.3 Å². The van der Waals surface area contributed by atoms with Gasteiger partial charge in [-0.2, -0.15) is 4.98 Å². The molecule has 0 radical (unpaired) electrons. The Balaban J connectivity index is 1.33. The van der Waals surface area contributed by atoms with Crippen LogP contribution in [0.25, 0.3) is 22.8 Å². The van der Waals surface area contributed by atoms with E-state index >= 15 is 0 Å². The number of methoxy groups -OCH3 is 1. The minimum absolute atomic E-state index is 0.0911. The van der Waals surface area contributed by atoms with Gasteiger partial charge in [-0.25, -0.2) is 0 Å². The fourth-order valence-electron chi connectivity index (χ4n) is 3.04. The summed E-state index contributed by atoms with van der Waals surface area (Å²) in [6, 6.07) is 18.1. The molecule has 4 aromatic rings. The van der Waals surface area contributed by atoms with Crippen molar-refractivity contribution in [1.82, 2.24) is 20.4 Å². The molecule has 1 amide bonds. The Bertz CT molecular complexity index is 1160. The van der Waals surface area contributed by atoms with E-state index < -0.39 is 0 Å². The number of nitrogens with one attached hydrogen (secondary N) is 1. The fourth-order valence-corrected chi connectivity index (χ4v) is 3.04. The van der Waals surface area contributed by atoms with E-state index in [0.717, 1.165) is 22.4 Å². The molecule has 0 aliphatic rings. The van der Waals surface area contributed by atoms with Crippen LogP contribution in [-0.2, 0) is 4.79 Å². The first-order valence-electron chi connectivity index (χ1n) is 10.0. The molecular weight excluding hydrogens is 408 g/mol. The van der Waals surface area contributed by atoms with E-state index in [2.05, 4.69) is 20.4 Å². The second kappa shape index (κ2) is 9.74. The summed E-state index contributed by atoms with van der Waals surface area (Å²) in [5.41, 5.74) is 2.50. The van der Waals surface area contributed by atoms with E-state index in [4.69, 9.17) is 14.0 Å². The lowest BCUT2D eigenvalue weighted by Gasteiger charge is -2.14. The maximum absolute atomic E-state index is 12.2. The van der Waals surface area contributed by atoms with Crippen molar-refractivity contribution in [1.29, 1.82) is 0 Å². The lowest BCUT2D eigenvalue weighted by molar-refractivity contribution is -0.123. The van der Waals surface area contributed by atoms with E-state index in [1.807, 2.05) is 43.3 Å². The molecule has 2 aromatic carbocycles. The first-order valence-corrected chi connectivity index (χ1v) is 10.0. The number of carbonyl (C=O) groups is 1. The van der Waals surface area contributed by atoms with Crippen molar-refractivity contribution in [3.63, 3.8) is 0 Å². The predicted octanol–water partition coefficient (Wildman–Crippen LogP) is 4.06. The second-order valence-electron chi connectivity index (χ2n) is 7.04. The third-order valence-electron chi connectivity index (χ3n) is 4.81. The van der Waals surface area contributed by atoms with Crippen LogP contribution in [0.15, 0.2) is 77.6 Å². The Morgan fingerprint density at radius 3 is 2.44 bits per heavy atom. The van der Waals surface area contributed by atoms with Gasteiger partial charge in [0, 0.05) is 23.5 Å². The smallest absolute Gasteiger partial charge is 0.258 e. The second-order valence-corrected chi connectivity index (χ2v) is 7.04. The number of ether oxygens (including phenoxy) is 2. The molecule has 162 valence electrons. The highest BCUT2D eigenvalue weighted by Gasteiger charge is 2.12. The van der Waals surface area contributed by atoms with Crippen LogP contribution in [0.2, 0.25) is 0 Å². The first-order chi connectivity index (χ1) is 15.6. The monoisotopic (exact) mass is 430 g/mol. The number of pyridine rings is 1. The Morgan fingerprint density at radius 1 is 1.03 bits per heavy atom. The lowest BCUT2D eigenvalue weighted by atomic mass is 10.1.